The SMILES string of the molecule is CN1CCC(Nc2ccc(N)cc2)CC1.CN1CCC(c2ccc(N)cc2)CC1.CN1CCN(c2ccc(N)cc2)CC1.Nc1ccc(CN2CCOCC2)cc1.Nc1ccc(OC(F)F)cc1.O=C(O)c1[nH]nc2c(Cl)cccc12.O=C(O)c1[nH]nc2c(F)cccc12. The molecule has 25 heteroatoms. The lowest BCUT2D eigenvalue weighted by Gasteiger charge is -2.34. The number of aromatic carboxylic acids is 2. The fraction of sp³-hybridized carbons (Fsp3) is 0.333. The number of likely N-dealkylation sites (tertiary alicyclic amines) is 2. The number of benzene rings is 7. The highest BCUT2D eigenvalue weighted by atomic mass is 35.5. The van der Waals surface area contributed by atoms with Crippen LogP contribution in [0.3, 0.4) is 0 Å². The number of hydrogen-bond donors (Lipinski definition) is 10. The lowest BCUT2D eigenvalue weighted by atomic mass is 9.89. The smallest absolute Gasteiger partial charge is 0.387 e. The second-order valence-electron chi connectivity index (χ2n) is 23.1. The predicted octanol–water partition coefficient (Wildman–Crippen LogP) is 11.2. The van der Waals surface area contributed by atoms with Crippen LogP contribution < -0.4 is 43.6 Å². The third-order valence-corrected chi connectivity index (χ3v) is 16.3. The van der Waals surface area contributed by atoms with Gasteiger partial charge in [0.05, 0.1) is 18.2 Å². The Morgan fingerprint density at radius 2 is 1.03 bits per heavy atom. The topological polar surface area (TPSA) is 309 Å². The van der Waals surface area contributed by atoms with Crippen LogP contribution >= 0.6 is 11.6 Å². The van der Waals surface area contributed by atoms with Gasteiger partial charge in [-0.1, -0.05) is 60.1 Å². The Balaban J connectivity index is 0.000000155. The van der Waals surface area contributed by atoms with Gasteiger partial charge in [-0.25, -0.2) is 14.0 Å². The monoisotopic (exact) mass is 1310 g/mol. The zero-order valence-corrected chi connectivity index (χ0v) is 54.1. The van der Waals surface area contributed by atoms with Crippen molar-refractivity contribution in [1.29, 1.82) is 0 Å². The fourth-order valence-electron chi connectivity index (χ4n) is 10.4. The number of nitrogens with two attached hydrogens (primary N) is 5. The number of alkyl halides is 2. The molecule has 4 aliphatic heterocycles. The van der Waals surface area contributed by atoms with Crippen LogP contribution in [0, 0.1) is 5.82 Å². The minimum Gasteiger partial charge on any atom is -0.477 e. The average molecular weight is 1320 g/mol. The normalized spacial score (nSPS) is 15.6. The van der Waals surface area contributed by atoms with E-state index in [9.17, 15) is 22.8 Å². The van der Waals surface area contributed by atoms with E-state index in [0.717, 1.165) is 87.7 Å². The highest BCUT2D eigenvalue weighted by molar-refractivity contribution is 6.35. The Bertz CT molecular complexity index is 3540. The third-order valence-electron chi connectivity index (χ3n) is 16.0. The number of piperidine rings is 2. The van der Waals surface area contributed by atoms with Crippen LogP contribution in [0.2, 0.25) is 5.02 Å². The number of carboxylic acid groups (broad SMARTS) is 2. The molecule has 0 aliphatic carbocycles. The summed E-state index contributed by atoms with van der Waals surface area (Å²) in [4.78, 5) is 33.2. The summed E-state index contributed by atoms with van der Waals surface area (Å²) >= 11 is 5.80. The van der Waals surface area contributed by atoms with Crippen LogP contribution in [0.25, 0.3) is 21.8 Å². The van der Waals surface area contributed by atoms with Crippen molar-refractivity contribution >= 4 is 85.2 Å². The maximum absolute atomic E-state index is 13.0. The standard InChI is InChI=1S/C12H19N3.C12H18N2.C11H17N3.C11H16N2O.C8H5ClN2O2.C8H5FN2O2.C7H7F2NO/c1-15-8-6-12(7-9-15)14-11-4-2-10(13)3-5-11;1-14-8-6-11(7-9-14)10-2-4-12(13)5-3-10;1-13-6-8-14(9-7-13)11-4-2-10(12)3-5-11;12-11-3-1-10(2-4-11)9-13-5-7-14-8-6-13;2*9-5-3-1-2-4-6(5)10-11-7(4)8(12)13;8-7(9)11-6-3-1-5(10)2-4-6/h2-5,12,14H,6-9,13H2,1H3;2-5,11H,6-9,13H2,1H3;2-5H,6-9,12H2,1H3;1-4H,5-9,12H2;2*1-3H,(H,10,11)(H,12,13);1-4,7H,10H2. The van der Waals surface area contributed by atoms with Gasteiger partial charge in [-0.3, -0.25) is 15.1 Å². The first-order valence-corrected chi connectivity index (χ1v) is 31.4. The number of nitrogens with zero attached hydrogens (tertiary/aromatic N) is 7. The van der Waals surface area contributed by atoms with E-state index in [0.29, 0.717) is 27.7 Å². The molecule has 15 N–H and O–H groups in total. The number of morpholine rings is 1. The van der Waals surface area contributed by atoms with Crippen molar-refractivity contribution in [2.24, 2.45) is 0 Å². The average Bonchev–Trinajstić information content (AvgIpc) is 1.72. The summed E-state index contributed by atoms with van der Waals surface area (Å²) in [5, 5.41) is 34.3. The number of H-pyrrole nitrogens is 2. The van der Waals surface area contributed by atoms with Gasteiger partial charge in [0.2, 0.25) is 0 Å². The van der Waals surface area contributed by atoms with Crippen LogP contribution in [0.4, 0.5) is 53.0 Å². The van der Waals surface area contributed by atoms with Crippen molar-refractivity contribution in [1.82, 2.24) is 40.0 Å². The number of hydrogen-bond acceptors (Lipinski definition) is 17. The lowest BCUT2D eigenvalue weighted by Crippen LogP contribution is -2.44. The number of nitrogen functional groups attached to an aromatic ring is 5. The highest BCUT2D eigenvalue weighted by Gasteiger charge is 2.20. The molecule has 94 heavy (non-hydrogen) atoms. The molecule has 9 aromatic rings. The molecular weight excluding hydrogens is 1230 g/mol. The number of piperazine rings is 1. The summed E-state index contributed by atoms with van der Waals surface area (Å²) in [6.45, 7) is 11.3. The van der Waals surface area contributed by atoms with Crippen molar-refractivity contribution in [3.63, 3.8) is 0 Å². The number of ether oxygens (including phenoxy) is 2. The molecule has 2 aromatic heterocycles. The van der Waals surface area contributed by atoms with E-state index in [1.165, 1.54) is 117 Å². The second-order valence-corrected chi connectivity index (χ2v) is 23.5. The van der Waals surface area contributed by atoms with Gasteiger partial charge >= 0.3 is 18.6 Å². The van der Waals surface area contributed by atoms with Gasteiger partial charge in [-0.05, 0) is 199 Å². The molecule has 4 fully saturated rings. The number of carbonyl (C=O) groups is 2. The second kappa shape index (κ2) is 36.8. The predicted molar refractivity (Wildman–Crippen MR) is 371 cm³/mol. The molecule has 0 atom stereocenters. The molecule has 0 spiro atoms. The number of rotatable bonds is 10. The summed E-state index contributed by atoms with van der Waals surface area (Å²) in [6, 6.07) is 48.1. The number of aromatic amines is 2. The first-order valence-electron chi connectivity index (χ1n) is 31.0. The van der Waals surface area contributed by atoms with Crippen molar-refractivity contribution in [2.75, 3.05) is 139 Å². The van der Waals surface area contributed by atoms with Gasteiger partial charge in [0.25, 0.3) is 0 Å². The molecule has 7 aromatic carbocycles. The van der Waals surface area contributed by atoms with Gasteiger partial charge in [0.15, 0.2) is 17.2 Å². The summed E-state index contributed by atoms with van der Waals surface area (Å²) < 4.78 is 45.5. The Labute approximate surface area is 551 Å². The molecule has 6 heterocycles. The molecule has 4 saturated heterocycles. The number of halogens is 4. The minimum absolute atomic E-state index is 0.0555. The summed E-state index contributed by atoms with van der Waals surface area (Å²) in [7, 11) is 6.54. The zero-order chi connectivity index (χ0) is 67.5. The number of carboxylic acids is 2. The van der Waals surface area contributed by atoms with Crippen molar-refractivity contribution in [3.05, 3.63) is 191 Å². The largest absolute Gasteiger partial charge is 0.477 e. The molecule has 502 valence electrons. The van der Waals surface area contributed by atoms with E-state index >= 15 is 0 Å². The maximum Gasteiger partial charge on any atom is 0.387 e. The van der Waals surface area contributed by atoms with Crippen molar-refractivity contribution in [3.8, 4) is 5.75 Å². The summed E-state index contributed by atoms with van der Waals surface area (Å²) in [6.07, 6.45) is 5.00. The third kappa shape index (κ3) is 23.7. The van der Waals surface area contributed by atoms with Crippen LogP contribution in [0.15, 0.2) is 158 Å². The van der Waals surface area contributed by atoms with Gasteiger partial charge in [0, 0.05) is 102 Å². The first-order chi connectivity index (χ1) is 45.2. The van der Waals surface area contributed by atoms with Gasteiger partial charge in [0.1, 0.15) is 16.8 Å². The Morgan fingerprint density at radius 1 is 0.585 bits per heavy atom. The number of likely N-dealkylation sites (N-methyl/N-ethyl adjacent to an activating group) is 1. The molecule has 0 amide bonds. The Morgan fingerprint density at radius 3 is 1.55 bits per heavy atom. The molecule has 4 aliphatic rings. The number of fused-ring (bicyclic) bond motifs is 2. The summed E-state index contributed by atoms with van der Waals surface area (Å²) in [5.41, 5.74) is 37.5. The highest BCUT2D eigenvalue weighted by Crippen LogP contribution is 2.29. The molecular formula is C69H87ClF3N15O6. The minimum atomic E-state index is -2.78. The van der Waals surface area contributed by atoms with Crippen molar-refractivity contribution < 1.29 is 42.4 Å². The Kier molecular flexibility index (Phi) is 28.2. The van der Waals surface area contributed by atoms with Crippen LogP contribution in [-0.2, 0) is 11.3 Å². The zero-order valence-electron chi connectivity index (χ0n) is 53.3. The summed E-state index contributed by atoms with van der Waals surface area (Å²) in [5.74, 6) is -1.85. The van der Waals surface area contributed by atoms with Crippen LogP contribution in [0.5, 0.6) is 5.75 Å². The fourth-order valence-corrected chi connectivity index (χ4v) is 10.7. The van der Waals surface area contributed by atoms with Gasteiger partial charge < -0.3 is 73.3 Å². The van der Waals surface area contributed by atoms with Gasteiger partial charge in [-0.15, -0.1) is 0 Å². The molecule has 21 nitrogen and oxygen atoms in total. The van der Waals surface area contributed by atoms with E-state index in [1.54, 1.807) is 18.2 Å². The van der Waals surface area contributed by atoms with E-state index in [2.05, 4.69) is 112 Å². The van der Waals surface area contributed by atoms with Crippen LogP contribution in [-0.4, -0.2) is 175 Å². The molecule has 13 rings (SSSR count). The molecule has 0 saturated carbocycles. The molecule has 0 unspecified atom stereocenters. The number of aromatic nitrogens is 4. The van der Waals surface area contributed by atoms with E-state index in [-0.39, 0.29) is 28.0 Å². The number of para-hydroxylation sites is 2. The molecule has 0 radical (unpaired) electrons. The lowest BCUT2D eigenvalue weighted by molar-refractivity contribution is -0.0498. The quantitative estimate of drug-likeness (QED) is 0.0569. The molecule has 0 bridgehead atoms. The number of anilines is 7. The van der Waals surface area contributed by atoms with Crippen molar-refractivity contribution in [2.45, 2.75) is 50.8 Å². The van der Waals surface area contributed by atoms with Gasteiger partial charge in [-0.2, -0.15) is 19.0 Å². The van der Waals surface area contributed by atoms with E-state index in [1.807, 2.05) is 60.7 Å². The Hall–Kier alpha value is -9.30. The maximum atomic E-state index is 13.0. The first kappa shape index (κ1) is 72.1. The number of nitrogens with one attached hydrogen (secondary N) is 3. The van der Waals surface area contributed by atoms with E-state index in [4.69, 9.17) is 55.2 Å². The van der Waals surface area contributed by atoms with Crippen LogP contribution in [0.1, 0.15) is 63.7 Å². The van der Waals surface area contributed by atoms with E-state index < -0.39 is 24.4 Å².